The third-order valence-electron chi connectivity index (χ3n) is 3.55. The van der Waals surface area contributed by atoms with E-state index in [0.717, 1.165) is 22.9 Å². The number of hydrogen-bond donors (Lipinski definition) is 2. The summed E-state index contributed by atoms with van der Waals surface area (Å²) in [5, 5.41) is 3.82. The normalized spacial score (nSPS) is 10.8. The van der Waals surface area contributed by atoms with Gasteiger partial charge in [-0.05, 0) is 43.4 Å². The average Bonchev–Trinajstić information content (AvgIpc) is 2.50. The van der Waals surface area contributed by atoms with Crippen LogP contribution in [-0.4, -0.2) is 31.2 Å². The summed E-state index contributed by atoms with van der Waals surface area (Å²) < 4.78 is 4.92. The Labute approximate surface area is 129 Å². The van der Waals surface area contributed by atoms with Gasteiger partial charge in [0, 0.05) is 37.8 Å². The van der Waals surface area contributed by atoms with E-state index in [-0.39, 0.29) is 11.5 Å². The fourth-order valence-corrected chi connectivity index (χ4v) is 2.34. The highest BCUT2D eigenvalue weighted by molar-refractivity contribution is 5.80. The van der Waals surface area contributed by atoms with Crippen molar-refractivity contribution >= 4 is 16.8 Å². The molecule has 0 atom stereocenters. The van der Waals surface area contributed by atoms with Crippen molar-refractivity contribution < 1.29 is 9.53 Å². The lowest BCUT2D eigenvalue weighted by molar-refractivity contribution is -0.121. The van der Waals surface area contributed by atoms with Crippen molar-refractivity contribution in [2.24, 2.45) is 0 Å². The van der Waals surface area contributed by atoms with E-state index in [1.807, 2.05) is 31.2 Å². The van der Waals surface area contributed by atoms with Crippen LogP contribution in [0, 0.1) is 6.92 Å². The van der Waals surface area contributed by atoms with E-state index < -0.39 is 0 Å². The van der Waals surface area contributed by atoms with Crippen LogP contribution >= 0.6 is 0 Å². The first-order chi connectivity index (χ1) is 10.6. The Hall–Kier alpha value is -2.14. The number of pyridine rings is 1. The molecule has 0 saturated heterocycles. The molecule has 5 nitrogen and oxygen atoms in total. The molecule has 118 valence electrons. The third-order valence-corrected chi connectivity index (χ3v) is 3.55. The number of carbonyl (C=O) groups is 1. The summed E-state index contributed by atoms with van der Waals surface area (Å²) >= 11 is 0. The minimum Gasteiger partial charge on any atom is -0.385 e. The fraction of sp³-hybridized carbons (Fsp3) is 0.412. The standard InChI is InChI=1S/C17H22N2O3/c1-12-4-6-15-14(10-12)11-13(17(21)19-15)5-7-16(20)18-8-3-9-22-2/h4,6,10-11H,3,5,7-9H2,1-2H3,(H,18,20)(H,19,21). The Morgan fingerprint density at radius 2 is 2.14 bits per heavy atom. The molecule has 0 aliphatic rings. The number of methoxy groups -OCH3 is 1. The molecule has 0 unspecified atom stereocenters. The van der Waals surface area contributed by atoms with Crippen LogP contribution in [0.5, 0.6) is 0 Å². The first-order valence-corrected chi connectivity index (χ1v) is 7.48. The summed E-state index contributed by atoms with van der Waals surface area (Å²) in [5.41, 5.74) is 2.48. The lowest BCUT2D eigenvalue weighted by atomic mass is 10.1. The van der Waals surface area contributed by atoms with Crippen molar-refractivity contribution in [1.82, 2.24) is 10.3 Å². The largest absolute Gasteiger partial charge is 0.385 e. The average molecular weight is 302 g/mol. The summed E-state index contributed by atoms with van der Waals surface area (Å²) in [7, 11) is 1.63. The molecule has 22 heavy (non-hydrogen) atoms. The maximum atomic E-state index is 12.0. The van der Waals surface area contributed by atoms with Gasteiger partial charge in [-0.15, -0.1) is 0 Å². The van der Waals surface area contributed by atoms with E-state index in [1.54, 1.807) is 7.11 Å². The SMILES string of the molecule is COCCCNC(=O)CCc1cc2cc(C)ccc2[nH]c1=O. The molecule has 2 aromatic rings. The monoisotopic (exact) mass is 302 g/mol. The van der Waals surface area contributed by atoms with E-state index in [1.165, 1.54) is 0 Å². The van der Waals surface area contributed by atoms with E-state index >= 15 is 0 Å². The van der Waals surface area contributed by atoms with Gasteiger partial charge in [-0.3, -0.25) is 9.59 Å². The molecule has 0 saturated carbocycles. The second-order valence-corrected chi connectivity index (χ2v) is 5.41. The summed E-state index contributed by atoms with van der Waals surface area (Å²) in [4.78, 5) is 26.6. The Balaban J connectivity index is 1.97. The fourth-order valence-electron chi connectivity index (χ4n) is 2.34. The zero-order chi connectivity index (χ0) is 15.9. The first kappa shape index (κ1) is 16.2. The number of nitrogens with one attached hydrogen (secondary N) is 2. The van der Waals surface area contributed by atoms with Gasteiger partial charge in [0.05, 0.1) is 0 Å². The molecular weight excluding hydrogens is 280 g/mol. The number of aromatic amines is 1. The minimum atomic E-state index is -0.122. The molecule has 2 rings (SSSR count). The Kier molecular flexibility index (Phi) is 5.72. The summed E-state index contributed by atoms with van der Waals surface area (Å²) in [5.74, 6) is -0.0418. The lowest BCUT2D eigenvalue weighted by Crippen LogP contribution is -2.26. The Morgan fingerprint density at radius 1 is 1.32 bits per heavy atom. The van der Waals surface area contributed by atoms with Crippen molar-refractivity contribution in [2.45, 2.75) is 26.2 Å². The van der Waals surface area contributed by atoms with Gasteiger partial charge >= 0.3 is 0 Å². The maximum absolute atomic E-state index is 12.0. The topological polar surface area (TPSA) is 71.2 Å². The zero-order valence-corrected chi connectivity index (χ0v) is 13.1. The molecule has 0 aliphatic heterocycles. The van der Waals surface area contributed by atoms with Gasteiger partial charge in [-0.2, -0.15) is 0 Å². The second-order valence-electron chi connectivity index (χ2n) is 5.41. The highest BCUT2D eigenvalue weighted by atomic mass is 16.5. The van der Waals surface area contributed by atoms with Gasteiger partial charge in [0.25, 0.3) is 5.56 Å². The smallest absolute Gasteiger partial charge is 0.251 e. The van der Waals surface area contributed by atoms with Gasteiger partial charge in [0.2, 0.25) is 5.91 Å². The van der Waals surface area contributed by atoms with Crippen LogP contribution in [0.4, 0.5) is 0 Å². The van der Waals surface area contributed by atoms with Crippen molar-refractivity contribution in [3.05, 3.63) is 45.7 Å². The molecule has 1 heterocycles. The number of rotatable bonds is 7. The number of amides is 1. The number of carbonyl (C=O) groups excluding carboxylic acids is 1. The van der Waals surface area contributed by atoms with Crippen molar-refractivity contribution in [3.8, 4) is 0 Å². The van der Waals surface area contributed by atoms with Crippen molar-refractivity contribution in [3.63, 3.8) is 0 Å². The number of hydrogen-bond acceptors (Lipinski definition) is 3. The van der Waals surface area contributed by atoms with E-state index in [2.05, 4.69) is 10.3 Å². The van der Waals surface area contributed by atoms with Crippen molar-refractivity contribution in [2.75, 3.05) is 20.3 Å². The van der Waals surface area contributed by atoms with Gasteiger partial charge < -0.3 is 15.0 Å². The number of H-pyrrole nitrogens is 1. The quantitative estimate of drug-likeness (QED) is 0.768. The highest BCUT2D eigenvalue weighted by Gasteiger charge is 2.07. The molecule has 1 aromatic heterocycles. The first-order valence-electron chi connectivity index (χ1n) is 7.48. The van der Waals surface area contributed by atoms with Crippen LogP contribution in [-0.2, 0) is 16.0 Å². The maximum Gasteiger partial charge on any atom is 0.251 e. The van der Waals surface area contributed by atoms with Gasteiger partial charge in [-0.25, -0.2) is 0 Å². The van der Waals surface area contributed by atoms with Gasteiger partial charge in [0.1, 0.15) is 0 Å². The summed E-state index contributed by atoms with van der Waals surface area (Å²) in [6.07, 6.45) is 1.54. The Bertz CT molecular complexity index is 707. The predicted molar refractivity (Wildman–Crippen MR) is 87.1 cm³/mol. The number of aryl methyl sites for hydroxylation is 2. The molecule has 1 amide bonds. The van der Waals surface area contributed by atoms with Crippen LogP contribution in [0.3, 0.4) is 0 Å². The number of benzene rings is 1. The van der Waals surface area contributed by atoms with Crippen LogP contribution in [0.1, 0.15) is 24.0 Å². The third kappa shape index (κ3) is 4.43. The molecule has 0 fully saturated rings. The zero-order valence-electron chi connectivity index (χ0n) is 13.1. The molecule has 1 aromatic carbocycles. The molecule has 2 N–H and O–H groups in total. The molecule has 5 heteroatoms. The molecule has 0 aliphatic carbocycles. The lowest BCUT2D eigenvalue weighted by Gasteiger charge is -2.06. The molecule has 0 spiro atoms. The van der Waals surface area contributed by atoms with Crippen LogP contribution in [0.2, 0.25) is 0 Å². The van der Waals surface area contributed by atoms with E-state index in [4.69, 9.17) is 4.74 Å². The van der Waals surface area contributed by atoms with E-state index in [9.17, 15) is 9.59 Å². The van der Waals surface area contributed by atoms with E-state index in [0.29, 0.717) is 31.6 Å². The van der Waals surface area contributed by atoms with Gasteiger partial charge in [0.15, 0.2) is 0 Å². The van der Waals surface area contributed by atoms with Crippen LogP contribution in [0.25, 0.3) is 10.9 Å². The Morgan fingerprint density at radius 3 is 2.91 bits per heavy atom. The molecule has 0 radical (unpaired) electrons. The molecule has 0 bridgehead atoms. The number of fused-ring (bicyclic) bond motifs is 1. The predicted octanol–water partition coefficient (Wildman–Crippen LogP) is 1.92. The number of ether oxygens (including phenoxy) is 1. The summed E-state index contributed by atoms with van der Waals surface area (Å²) in [6, 6.07) is 7.77. The number of aromatic nitrogens is 1. The highest BCUT2D eigenvalue weighted by Crippen LogP contribution is 2.13. The van der Waals surface area contributed by atoms with Crippen molar-refractivity contribution in [1.29, 1.82) is 0 Å². The van der Waals surface area contributed by atoms with Gasteiger partial charge in [-0.1, -0.05) is 11.6 Å². The second kappa shape index (κ2) is 7.75. The summed E-state index contributed by atoms with van der Waals surface area (Å²) in [6.45, 7) is 3.24. The minimum absolute atomic E-state index is 0.0418. The van der Waals surface area contributed by atoms with Crippen LogP contribution in [0.15, 0.2) is 29.1 Å². The van der Waals surface area contributed by atoms with Crippen LogP contribution < -0.4 is 10.9 Å². The molecular formula is C17H22N2O3.